The number of thiocarbonyl (C=S) groups is 1. The van der Waals surface area contributed by atoms with Gasteiger partial charge >= 0.3 is 0 Å². The van der Waals surface area contributed by atoms with Crippen molar-refractivity contribution in [3.63, 3.8) is 0 Å². The number of halogens is 3. The molecule has 0 radical (unpaired) electrons. The van der Waals surface area contributed by atoms with Crippen molar-refractivity contribution in [2.45, 2.75) is 0 Å². The number of non-ortho nitro benzene ring substituents is 2. The average Bonchev–Trinajstić information content (AvgIpc) is 2.59. The van der Waals surface area contributed by atoms with Crippen molar-refractivity contribution in [3.05, 3.63) is 71.2 Å². The number of nitrogens with zero attached hydrogens (tertiary/aromatic N) is 2. The SMILES string of the molecule is O=C(NC(=S)Nc1cc(Cl)c(Cl)cc1Cl)c1cc([N+](=O)[O-])cc([N+](=O)[O-])c1. The molecule has 0 saturated heterocycles. The highest BCUT2D eigenvalue weighted by atomic mass is 35.5. The second-order valence-electron chi connectivity index (χ2n) is 4.91. The van der Waals surface area contributed by atoms with Crippen LogP contribution in [0.1, 0.15) is 10.4 Å². The number of carbonyl (C=O) groups is 1. The third-order valence-electron chi connectivity index (χ3n) is 3.07. The summed E-state index contributed by atoms with van der Waals surface area (Å²) in [6, 6.07) is 5.25. The Morgan fingerprint density at radius 3 is 1.93 bits per heavy atom. The van der Waals surface area contributed by atoms with E-state index in [0.29, 0.717) is 0 Å². The predicted molar refractivity (Wildman–Crippen MR) is 105 cm³/mol. The maximum absolute atomic E-state index is 12.2. The van der Waals surface area contributed by atoms with Crippen LogP contribution in [-0.4, -0.2) is 20.9 Å². The van der Waals surface area contributed by atoms with Gasteiger partial charge in [-0.1, -0.05) is 34.8 Å². The Morgan fingerprint density at radius 1 is 0.889 bits per heavy atom. The number of rotatable bonds is 4. The van der Waals surface area contributed by atoms with E-state index in [-0.39, 0.29) is 31.4 Å². The molecule has 0 aromatic heterocycles. The number of carbonyl (C=O) groups excluding carboxylic acids is 1. The molecule has 2 aromatic rings. The summed E-state index contributed by atoms with van der Waals surface area (Å²) in [4.78, 5) is 32.3. The first-order chi connectivity index (χ1) is 12.6. The van der Waals surface area contributed by atoms with Gasteiger partial charge in [0.1, 0.15) is 0 Å². The third-order valence-corrected chi connectivity index (χ3v) is 4.31. The second-order valence-corrected chi connectivity index (χ2v) is 6.54. The van der Waals surface area contributed by atoms with Crippen molar-refractivity contribution in [1.29, 1.82) is 0 Å². The van der Waals surface area contributed by atoms with Crippen LogP contribution < -0.4 is 10.6 Å². The molecule has 0 saturated carbocycles. The lowest BCUT2D eigenvalue weighted by atomic mass is 10.1. The van der Waals surface area contributed by atoms with Gasteiger partial charge in [-0.05, 0) is 24.4 Å². The fourth-order valence-electron chi connectivity index (χ4n) is 1.88. The van der Waals surface area contributed by atoms with E-state index in [1.165, 1.54) is 12.1 Å². The summed E-state index contributed by atoms with van der Waals surface area (Å²) >= 11 is 22.6. The highest BCUT2D eigenvalue weighted by Gasteiger charge is 2.20. The largest absolute Gasteiger partial charge is 0.331 e. The van der Waals surface area contributed by atoms with Crippen molar-refractivity contribution in [2.75, 3.05) is 5.32 Å². The average molecular weight is 450 g/mol. The first-order valence-corrected chi connectivity index (χ1v) is 8.33. The zero-order valence-electron chi connectivity index (χ0n) is 12.9. The minimum absolute atomic E-state index is 0.173. The van der Waals surface area contributed by atoms with Crippen molar-refractivity contribution < 1.29 is 14.6 Å². The van der Waals surface area contributed by atoms with Gasteiger partial charge in [0, 0.05) is 12.1 Å². The van der Waals surface area contributed by atoms with Crippen molar-refractivity contribution in [3.8, 4) is 0 Å². The summed E-state index contributed by atoms with van der Waals surface area (Å²) in [6.07, 6.45) is 0. The molecule has 27 heavy (non-hydrogen) atoms. The molecule has 2 aromatic carbocycles. The molecule has 9 nitrogen and oxygen atoms in total. The van der Waals surface area contributed by atoms with Crippen LogP contribution in [0.2, 0.25) is 15.1 Å². The normalized spacial score (nSPS) is 10.2. The molecule has 0 heterocycles. The number of amides is 1. The molecule has 0 aliphatic rings. The predicted octanol–water partition coefficient (Wildman–Crippen LogP) is 4.59. The number of nitrogens with one attached hydrogen (secondary N) is 2. The van der Waals surface area contributed by atoms with Crippen molar-refractivity contribution in [1.82, 2.24) is 5.32 Å². The topological polar surface area (TPSA) is 127 Å². The molecule has 0 fully saturated rings. The van der Waals surface area contributed by atoms with Gasteiger partial charge in [-0.3, -0.25) is 30.3 Å². The summed E-state index contributed by atoms with van der Waals surface area (Å²) in [5.74, 6) is -0.893. The molecular weight excluding hydrogens is 443 g/mol. The Balaban J connectivity index is 2.22. The Kier molecular flexibility index (Phi) is 6.50. The number of benzene rings is 2. The Hall–Kier alpha value is -2.53. The van der Waals surface area contributed by atoms with E-state index in [1.54, 1.807) is 0 Å². The van der Waals surface area contributed by atoms with E-state index >= 15 is 0 Å². The minimum atomic E-state index is -0.893. The summed E-state index contributed by atoms with van der Waals surface area (Å²) in [7, 11) is 0. The van der Waals surface area contributed by atoms with Crippen LogP contribution in [0.15, 0.2) is 30.3 Å². The minimum Gasteiger partial charge on any atom is -0.331 e. The van der Waals surface area contributed by atoms with Gasteiger partial charge < -0.3 is 5.32 Å². The smallest absolute Gasteiger partial charge is 0.277 e. The van der Waals surface area contributed by atoms with Crippen molar-refractivity contribution >= 4 is 75.1 Å². The quantitative estimate of drug-likeness (QED) is 0.302. The van der Waals surface area contributed by atoms with Crippen LogP contribution in [0.4, 0.5) is 17.1 Å². The molecule has 0 atom stereocenters. The van der Waals surface area contributed by atoms with Gasteiger partial charge in [-0.2, -0.15) is 0 Å². The van der Waals surface area contributed by atoms with Gasteiger partial charge in [0.05, 0.1) is 42.2 Å². The number of hydrogen-bond donors (Lipinski definition) is 2. The van der Waals surface area contributed by atoms with Gasteiger partial charge in [-0.15, -0.1) is 0 Å². The van der Waals surface area contributed by atoms with E-state index in [9.17, 15) is 25.0 Å². The molecule has 0 bridgehead atoms. The van der Waals surface area contributed by atoms with Gasteiger partial charge in [0.2, 0.25) is 0 Å². The van der Waals surface area contributed by atoms with Gasteiger partial charge in [0.15, 0.2) is 5.11 Å². The molecular formula is C14H7Cl3N4O5S. The van der Waals surface area contributed by atoms with Crippen LogP contribution in [0, 0.1) is 20.2 Å². The summed E-state index contributed by atoms with van der Waals surface area (Å²) in [6.45, 7) is 0. The van der Waals surface area contributed by atoms with Gasteiger partial charge in [0.25, 0.3) is 17.3 Å². The molecule has 2 N–H and O–H groups in total. The molecule has 0 unspecified atom stereocenters. The lowest BCUT2D eigenvalue weighted by Crippen LogP contribution is -2.34. The van der Waals surface area contributed by atoms with E-state index in [2.05, 4.69) is 10.6 Å². The molecule has 2 rings (SSSR count). The number of anilines is 1. The summed E-state index contributed by atoms with van der Waals surface area (Å²) in [5, 5.41) is 27.0. The van der Waals surface area contributed by atoms with E-state index < -0.39 is 27.1 Å². The lowest BCUT2D eigenvalue weighted by Gasteiger charge is -2.12. The van der Waals surface area contributed by atoms with E-state index in [1.807, 2.05) is 0 Å². The van der Waals surface area contributed by atoms with Crippen LogP contribution in [-0.2, 0) is 0 Å². The first kappa shape index (κ1) is 20.8. The highest BCUT2D eigenvalue weighted by Crippen LogP contribution is 2.32. The molecule has 1 amide bonds. The monoisotopic (exact) mass is 448 g/mol. The number of nitro groups is 2. The van der Waals surface area contributed by atoms with E-state index in [4.69, 9.17) is 47.0 Å². The maximum atomic E-state index is 12.2. The van der Waals surface area contributed by atoms with Crippen LogP contribution >= 0.6 is 47.0 Å². The zero-order valence-corrected chi connectivity index (χ0v) is 15.9. The summed E-state index contributed by atoms with van der Waals surface area (Å²) in [5.41, 5.74) is -1.29. The standard InChI is InChI=1S/C14H7Cl3N4O5S/c15-9-4-11(17)12(5-10(9)16)18-14(27)19-13(22)6-1-7(20(23)24)3-8(2-6)21(25)26/h1-5H,(H2,18,19,22,27). The van der Waals surface area contributed by atoms with E-state index in [0.717, 1.165) is 18.2 Å². The van der Waals surface area contributed by atoms with Crippen LogP contribution in [0.3, 0.4) is 0 Å². The Bertz CT molecular complexity index is 953. The molecule has 13 heteroatoms. The molecule has 0 aliphatic heterocycles. The second kappa shape index (κ2) is 8.44. The van der Waals surface area contributed by atoms with Gasteiger partial charge in [-0.25, -0.2) is 0 Å². The summed E-state index contributed by atoms with van der Waals surface area (Å²) < 4.78 is 0. The maximum Gasteiger partial charge on any atom is 0.277 e. The van der Waals surface area contributed by atoms with Crippen molar-refractivity contribution in [2.24, 2.45) is 0 Å². The van der Waals surface area contributed by atoms with Crippen LogP contribution in [0.25, 0.3) is 0 Å². The molecule has 140 valence electrons. The Morgan fingerprint density at radius 2 is 1.41 bits per heavy atom. The van der Waals surface area contributed by atoms with Crippen LogP contribution in [0.5, 0.6) is 0 Å². The number of nitro benzene ring substituents is 2. The fraction of sp³-hybridized carbons (Fsp3) is 0. The number of hydrogen-bond acceptors (Lipinski definition) is 6. The first-order valence-electron chi connectivity index (χ1n) is 6.79. The Labute approximate surface area is 171 Å². The fourth-order valence-corrected chi connectivity index (χ4v) is 2.68. The lowest BCUT2D eigenvalue weighted by molar-refractivity contribution is -0.394. The highest BCUT2D eigenvalue weighted by molar-refractivity contribution is 7.80. The molecule has 0 spiro atoms. The third kappa shape index (κ3) is 5.23. The zero-order chi connectivity index (χ0) is 20.3. The molecule has 0 aliphatic carbocycles.